The first-order valence-electron chi connectivity index (χ1n) is 4.30. The van der Waals surface area contributed by atoms with E-state index in [4.69, 9.17) is 0 Å². The van der Waals surface area contributed by atoms with Crippen molar-refractivity contribution >= 4 is 15.9 Å². The minimum absolute atomic E-state index is 0.770. The van der Waals surface area contributed by atoms with Gasteiger partial charge in [-0.25, -0.2) is 4.98 Å². The van der Waals surface area contributed by atoms with Crippen LogP contribution in [0.25, 0.3) is 11.4 Å². The van der Waals surface area contributed by atoms with Gasteiger partial charge in [0.25, 0.3) is 0 Å². The van der Waals surface area contributed by atoms with E-state index in [0.29, 0.717) is 0 Å². The predicted molar refractivity (Wildman–Crippen MR) is 58.9 cm³/mol. The van der Waals surface area contributed by atoms with Gasteiger partial charge in [0, 0.05) is 17.1 Å². The first-order chi connectivity index (χ1) is 6.66. The zero-order valence-corrected chi connectivity index (χ0v) is 9.62. The van der Waals surface area contributed by atoms with E-state index in [1.807, 2.05) is 38.2 Å². The summed E-state index contributed by atoms with van der Waals surface area (Å²) in [6, 6.07) is 7.97. The Hall–Kier alpha value is -1.16. The van der Waals surface area contributed by atoms with E-state index in [-0.39, 0.29) is 0 Å². The molecule has 1 aromatic carbocycles. The van der Waals surface area contributed by atoms with E-state index in [1.54, 1.807) is 4.68 Å². The van der Waals surface area contributed by atoms with Gasteiger partial charge < -0.3 is 0 Å². The van der Waals surface area contributed by atoms with Crippen LogP contribution in [-0.4, -0.2) is 14.8 Å². The first kappa shape index (κ1) is 9.40. The number of nitrogens with zero attached hydrogens (tertiary/aromatic N) is 3. The number of rotatable bonds is 1. The summed E-state index contributed by atoms with van der Waals surface area (Å²) in [7, 11) is 1.89. The molecule has 0 aliphatic carbocycles. The fraction of sp³-hybridized carbons (Fsp3) is 0.200. The fourth-order valence-electron chi connectivity index (χ4n) is 1.21. The van der Waals surface area contributed by atoms with Crippen molar-refractivity contribution in [1.29, 1.82) is 0 Å². The van der Waals surface area contributed by atoms with Crippen LogP contribution in [0.4, 0.5) is 0 Å². The summed E-state index contributed by atoms with van der Waals surface area (Å²) < 4.78 is 2.82. The van der Waals surface area contributed by atoms with Gasteiger partial charge in [0.1, 0.15) is 5.82 Å². The molecule has 1 heterocycles. The van der Waals surface area contributed by atoms with Crippen molar-refractivity contribution in [1.82, 2.24) is 14.8 Å². The molecule has 72 valence electrons. The van der Waals surface area contributed by atoms with Crippen molar-refractivity contribution in [3.63, 3.8) is 0 Å². The standard InChI is InChI=1S/C10H10BrN3/c1-7-12-10(13-14(7)2)8-4-3-5-9(11)6-8/h3-6H,1-2H3. The third-order valence-corrected chi connectivity index (χ3v) is 2.56. The van der Waals surface area contributed by atoms with E-state index < -0.39 is 0 Å². The van der Waals surface area contributed by atoms with Crippen LogP contribution in [0, 0.1) is 6.92 Å². The molecule has 0 radical (unpaired) electrons. The highest BCUT2D eigenvalue weighted by atomic mass is 79.9. The molecule has 1 aromatic heterocycles. The molecule has 0 saturated carbocycles. The zero-order chi connectivity index (χ0) is 10.1. The van der Waals surface area contributed by atoms with Crippen molar-refractivity contribution < 1.29 is 0 Å². The maximum absolute atomic E-state index is 4.35. The van der Waals surface area contributed by atoms with Gasteiger partial charge in [-0.05, 0) is 19.1 Å². The molecule has 3 nitrogen and oxygen atoms in total. The van der Waals surface area contributed by atoms with Gasteiger partial charge in [-0.2, -0.15) is 5.10 Å². The molecule has 0 amide bonds. The van der Waals surface area contributed by atoms with Crippen LogP contribution in [-0.2, 0) is 7.05 Å². The van der Waals surface area contributed by atoms with Gasteiger partial charge in [-0.3, -0.25) is 4.68 Å². The molecule has 2 aromatic rings. The average molecular weight is 252 g/mol. The maximum Gasteiger partial charge on any atom is 0.181 e. The molecular weight excluding hydrogens is 242 g/mol. The van der Waals surface area contributed by atoms with Crippen LogP contribution >= 0.6 is 15.9 Å². The molecule has 0 N–H and O–H groups in total. The van der Waals surface area contributed by atoms with Crippen LogP contribution in [0.2, 0.25) is 0 Å². The van der Waals surface area contributed by atoms with E-state index in [0.717, 1.165) is 21.7 Å². The molecule has 14 heavy (non-hydrogen) atoms. The molecule has 4 heteroatoms. The lowest BCUT2D eigenvalue weighted by Crippen LogP contribution is -1.92. The van der Waals surface area contributed by atoms with E-state index >= 15 is 0 Å². The fourth-order valence-corrected chi connectivity index (χ4v) is 1.61. The number of hydrogen-bond donors (Lipinski definition) is 0. The Balaban J connectivity index is 2.49. The van der Waals surface area contributed by atoms with Crippen molar-refractivity contribution in [3.05, 3.63) is 34.6 Å². The summed E-state index contributed by atoms with van der Waals surface area (Å²) in [5, 5.41) is 4.31. The summed E-state index contributed by atoms with van der Waals surface area (Å²) in [5.41, 5.74) is 1.03. The second-order valence-corrected chi connectivity index (χ2v) is 4.03. The second-order valence-electron chi connectivity index (χ2n) is 3.12. The Morgan fingerprint density at radius 2 is 2.14 bits per heavy atom. The third-order valence-electron chi connectivity index (χ3n) is 2.06. The van der Waals surface area contributed by atoms with Gasteiger partial charge in [-0.15, -0.1) is 0 Å². The molecule has 0 saturated heterocycles. The minimum atomic E-state index is 0.770. The Kier molecular flexibility index (Phi) is 2.37. The quantitative estimate of drug-likeness (QED) is 0.780. The summed E-state index contributed by atoms with van der Waals surface area (Å²) in [6.07, 6.45) is 0. The van der Waals surface area contributed by atoms with E-state index in [9.17, 15) is 0 Å². The van der Waals surface area contributed by atoms with Gasteiger partial charge in [0.05, 0.1) is 0 Å². The lowest BCUT2D eigenvalue weighted by Gasteiger charge is -1.94. The van der Waals surface area contributed by atoms with E-state index in [1.165, 1.54) is 0 Å². The lowest BCUT2D eigenvalue weighted by atomic mass is 10.2. The predicted octanol–water partition coefficient (Wildman–Crippen LogP) is 2.55. The molecule has 2 rings (SSSR count). The number of halogens is 1. The smallest absolute Gasteiger partial charge is 0.181 e. The first-order valence-corrected chi connectivity index (χ1v) is 5.09. The van der Waals surface area contributed by atoms with Gasteiger partial charge in [0.15, 0.2) is 5.82 Å². The number of aromatic nitrogens is 3. The Morgan fingerprint density at radius 1 is 1.36 bits per heavy atom. The van der Waals surface area contributed by atoms with Gasteiger partial charge in [0.2, 0.25) is 0 Å². The number of benzene rings is 1. The zero-order valence-electron chi connectivity index (χ0n) is 8.03. The summed E-state index contributed by atoms with van der Waals surface area (Å²) in [4.78, 5) is 4.35. The maximum atomic E-state index is 4.35. The molecule has 0 spiro atoms. The Labute approximate surface area is 90.9 Å². The summed E-state index contributed by atoms with van der Waals surface area (Å²) in [5.74, 6) is 1.69. The van der Waals surface area contributed by atoms with Gasteiger partial charge in [-0.1, -0.05) is 28.1 Å². The Bertz CT molecular complexity index is 443. The normalized spacial score (nSPS) is 10.5. The second kappa shape index (κ2) is 3.53. The molecule has 0 fully saturated rings. The van der Waals surface area contributed by atoms with Crippen molar-refractivity contribution in [2.45, 2.75) is 6.92 Å². The highest BCUT2D eigenvalue weighted by molar-refractivity contribution is 9.10. The molecule has 0 aliphatic heterocycles. The summed E-state index contributed by atoms with van der Waals surface area (Å²) in [6.45, 7) is 1.94. The largest absolute Gasteiger partial charge is 0.253 e. The van der Waals surface area contributed by atoms with Crippen molar-refractivity contribution in [3.8, 4) is 11.4 Å². The van der Waals surface area contributed by atoms with Crippen LogP contribution in [0.1, 0.15) is 5.82 Å². The SMILES string of the molecule is Cc1nc(-c2cccc(Br)c2)nn1C. The molecule has 0 aliphatic rings. The number of hydrogen-bond acceptors (Lipinski definition) is 2. The monoisotopic (exact) mass is 251 g/mol. The van der Waals surface area contributed by atoms with Crippen molar-refractivity contribution in [2.75, 3.05) is 0 Å². The van der Waals surface area contributed by atoms with Crippen LogP contribution in [0.5, 0.6) is 0 Å². The highest BCUT2D eigenvalue weighted by Gasteiger charge is 2.05. The summed E-state index contributed by atoms with van der Waals surface area (Å²) >= 11 is 3.42. The molecule has 0 atom stereocenters. The van der Waals surface area contributed by atoms with Crippen LogP contribution in [0.3, 0.4) is 0 Å². The average Bonchev–Trinajstić information content (AvgIpc) is 2.47. The topological polar surface area (TPSA) is 30.7 Å². The van der Waals surface area contributed by atoms with E-state index in [2.05, 4.69) is 26.0 Å². The van der Waals surface area contributed by atoms with Crippen LogP contribution < -0.4 is 0 Å². The Morgan fingerprint density at radius 3 is 2.71 bits per heavy atom. The molecule has 0 bridgehead atoms. The van der Waals surface area contributed by atoms with Crippen molar-refractivity contribution in [2.24, 2.45) is 7.05 Å². The minimum Gasteiger partial charge on any atom is -0.253 e. The third kappa shape index (κ3) is 1.70. The molecule has 0 unspecified atom stereocenters. The number of aryl methyl sites for hydroxylation is 2. The highest BCUT2D eigenvalue weighted by Crippen LogP contribution is 2.19. The lowest BCUT2D eigenvalue weighted by molar-refractivity contribution is 0.736. The van der Waals surface area contributed by atoms with Gasteiger partial charge >= 0.3 is 0 Å². The van der Waals surface area contributed by atoms with Crippen LogP contribution in [0.15, 0.2) is 28.7 Å². The molecular formula is C10H10BrN3.